The number of carbonyl (C=O) groups is 2. The molecule has 0 aromatic heterocycles. The molecule has 3 aromatic rings. The minimum atomic E-state index is -1.12. The molecule has 5 nitrogen and oxygen atoms in total. The van der Waals surface area contributed by atoms with E-state index in [9.17, 15) is 14.0 Å². The Morgan fingerprint density at radius 1 is 1.09 bits per heavy atom. The summed E-state index contributed by atoms with van der Waals surface area (Å²) in [5.74, 6) is 0.542. The summed E-state index contributed by atoms with van der Waals surface area (Å²) in [4.78, 5) is 29.6. The van der Waals surface area contributed by atoms with Crippen molar-refractivity contribution in [2.24, 2.45) is 0 Å². The minimum absolute atomic E-state index is 0.139. The van der Waals surface area contributed by atoms with E-state index >= 15 is 0 Å². The van der Waals surface area contributed by atoms with Crippen molar-refractivity contribution in [1.29, 1.82) is 0 Å². The van der Waals surface area contributed by atoms with E-state index < -0.39 is 10.7 Å². The molecule has 2 amide bonds. The first-order valence-corrected chi connectivity index (χ1v) is 11.3. The van der Waals surface area contributed by atoms with Crippen LogP contribution in [-0.2, 0) is 16.2 Å². The van der Waals surface area contributed by atoms with E-state index in [-0.39, 0.29) is 11.8 Å². The molecule has 1 saturated heterocycles. The molecule has 2 aliphatic heterocycles. The molecule has 0 N–H and O–H groups in total. The van der Waals surface area contributed by atoms with Crippen LogP contribution in [0.2, 0.25) is 0 Å². The van der Waals surface area contributed by atoms with Crippen molar-refractivity contribution < 1.29 is 18.7 Å². The van der Waals surface area contributed by atoms with Crippen LogP contribution in [0.5, 0.6) is 5.75 Å². The van der Waals surface area contributed by atoms with Gasteiger partial charge in [0.2, 0.25) is 0 Å². The summed E-state index contributed by atoms with van der Waals surface area (Å²) in [7, 11) is 1.61. The molecule has 2 heterocycles. The van der Waals surface area contributed by atoms with Crippen LogP contribution in [0, 0.1) is 5.82 Å². The zero-order valence-corrected chi connectivity index (χ0v) is 18.3. The normalized spacial score (nSPS) is 19.5. The summed E-state index contributed by atoms with van der Waals surface area (Å²) >= 11 is 1.47. The zero-order chi connectivity index (χ0) is 22.3. The predicted molar refractivity (Wildman–Crippen MR) is 122 cm³/mol. The molecule has 7 heteroatoms. The number of halogens is 1. The van der Waals surface area contributed by atoms with Crippen LogP contribution in [-0.4, -0.2) is 36.1 Å². The SMILES string of the molecule is COc1cccc(CN2C(=O)[C@@]3(SCCN3C(=O)c3ccc(F)cc3)c3ccccc32)c1. The van der Waals surface area contributed by atoms with Gasteiger partial charge in [0, 0.05) is 23.4 Å². The van der Waals surface area contributed by atoms with Crippen molar-refractivity contribution in [3.63, 3.8) is 0 Å². The summed E-state index contributed by atoms with van der Waals surface area (Å²) in [5.41, 5.74) is 2.91. The predicted octanol–water partition coefficient (Wildman–Crippen LogP) is 4.42. The number of ether oxygens (including phenoxy) is 1. The molecule has 162 valence electrons. The lowest BCUT2D eigenvalue weighted by Crippen LogP contribution is -2.50. The zero-order valence-electron chi connectivity index (χ0n) is 17.5. The molecule has 5 rings (SSSR count). The second-order valence-corrected chi connectivity index (χ2v) is 9.00. The molecular weight excluding hydrogens is 427 g/mol. The second kappa shape index (κ2) is 7.98. The maximum absolute atomic E-state index is 14.0. The lowest BCUT2D eigenvalue weighted by molar-refractivity contribution is -0.123. The van der Waals surface area contributed by atoms with Crippen LogP contribution in [0.1, 0.15) is 21.5 Å². The number of nitrogens with zero attached hydrogens (tertiary/aromatic N) is 2. The molecule has 1 fully saturated rings. The van der Waals surface area contributed by atoms with Gasteiger partial charge < -0.3 is 14.5 Å². The number of methoxy groups -OCH3 is 1. The highest BCUT2D eigenvalue weighted by Gasteiger charge is 2.59. The van der Waals surface area contributed by atoms with Crippen LogP contribution >= 0.6 is 11.8 Å². The number of para-hydroxylation sites is 1. The Labute approximate surface area is 189 Å². The fraction of sp³-hybridized carbons (Fsp3) is 0.200. The molecule has 32 heavy (non-hydrogen) atoms. The lowest BCUT2D eigenvalue weighted by Gasteiger charge is -2.33. The number of carbonyl (C=O) groups excluding carboxylic acids is 2. The minimum Gasteiger partial charge on any atom is -0.497 e. The van der Waals surface area contributed by atoms with Gasteiger partial charge in [0.15, 0.2) is 4.87 Å². The maximum atomic E-state index is 14.0. The third-order valence-corrected chi connectivity index (χ3v) is 7.33. The molecule has 0 radical (unpaired) electrons. The Morgan fingerprint density at radius 3 is 2.66 bits per heavy atom. The van der Waals surface area contributed by atoms with Gasteiger partial charge in [-0.3, -0.25) is 9.59 Å². The van der Waals surface area contributed by atoms with Crippen molar-refractivity contribution in [3.05, 3.63) is 95.3 Å². The average molecular weight is 449 g/mol. The average Bonchev–Trinajstić information content (AvgIpc) is 3.36. The third-order valence-electron chi connectivity index (χ3n) is 5.91. The Bertz CT molecular complexity index is 1200. The lowest BCUT2D eigenvalue weighted by atomic mass is 10.0. The fourth-order valence-corrected chi connectivity index (χ4v) is 5.89. The first-order chi connectivity index (χ1) is 15.5. The Kier molecular flexibility index (Phi) is 5.13. The molecule has 1 spiro atoms. The van der Waals surface area contributed by atoms with Crippen LogP contribution < -0.4 is 9.64 Å². The van der Waals surface area contributed by atoms with Crippen LogP contribution in [0.25, 0.3) is 0 Å². The number of thioether (sulfide) groups is 1. The molecule has 2 aliphatic rings. The fourth-order valence-electron chi connectivity index (χ4n) is 4.43. The van der Waals surface area contributed by atoms with Crippen molar-refractivity contribution in [2.75, 3.05) is 24.3 Å². The quantitative estimate of drug-likeness (QED) is 0.593. The summed E-state index contributed by atoms with van der Waals surface area (Å²) in [6.45, 7) is 0.807. The number of anilines is 1. The summed E-state index contributed by atoms with van der Waals surface area (Å²) < 4.78 is 18.7. The summed E-state index contributed by atoms with van der Waals surface area (Å²) in [6, 6.07) is 20.7. The Balaban J connectivity index is 1.55. The van der Waals surface area contributed by atoms with Gasteiger partial charge in [-0.15, -0.1) is 11.8 Å². The van der Waals surface area contributed by atoms with Gasteiger partial charge in [0.1, 0.15) is 11.6 Å². The first kappa shape index (κ1) is 20.6. The monoisotopic (exact) mass is 448 g/mol. The Hall–Kier alpha value is -3.32. The largest absolute Gasteiger partial charge is 0.497 e. The van der Waals surface area contributed by atoms with E-state index in [0.29, 0.717) is 24.4 Å². The Morgan fingerprint density at radius 2 is 1.88 bits per heavy atom. The van der Waals surface area contributed by atoms with E-state index in [4.69, 9.17) is 4.74 Å². The summed E-state index contributed by atoms with van der Waals surface area (Å²) in [5, 5.41) is 0. The molecule has 0 bridgehead atoms. The number of hydrogen-bond donors (Lipinski definition) is 0. The third kappa shape index (κ3) is 3.15. The van der Waals surface area contributed by atoms with Crippen LogP contribution in [0.4, 0.5) is 10.1 Å². The highest BCUT2D eigenvalue weighted by molar-refractivity contribution is 8.01. The van der Waals surface area contributed by atoms with Crippen LogP contribution in [0.15, 0.2) is 72.8 Å². The molecule has 0 saturated carbocycles. The van der Waals surface area contributed by atoms with Crippen molar-refractivity contribution in [3.8, 4) is 5.75 Å². The van der Waals surface area contributed by atoms with Crippen molar-refractivity contribution >= 4 is 29.3 Å². The highest BCUT2D eigenvalue weighted by Crippen LogP contribution is 2.54. The number of hydrogen-bond acceptors (Lipinski definition) is 4. The van der Waals surface area contributed by atoms with Gasteiger partial charge in [0.05, 0.1) is 19.3 Å². The number of rotatable bonds is 4. The van der Waals surface area contributed by atoms with Gasteiger partial charge in [-0.2, -0.15) is 0 Å². The molecule has 3 aromatic carbocycles. The standard InChI is InChI=1S/C25H21FN2O3S/c1-31-20-6-4-5-17(15-20)16-27-22-8-3-2-7-21(22)25(24(27)30)28(13-14-32-25)23(29)18-9-11-19(26)12-10-18/h2-12,15H,13-14,16H2,1H3/t25-/m0/s1. The number of amides is 2. The van der Waals surface area contributed by atoms with E-state index in [2.05, 4.69) is 0 Å². The van der Waals surface area contributed by atoms with Gasteiger partial charge in [-0.25, -0.2) is 4.39 Å². The van der Waals surface area contributed by atoms with Crippen LogP contribution in [0.3, 0.4) is 0 Å². The van der Waals surface area contributed by atoms with E-state index in [1.807, 2.05) is 48.5 Å². The van der Waals surface area contributed by atoms with Gasteiger partial charge >= 0.3 is 0 Å². The molecular formula is C25H21FN2O3S. The number of fused-ring (bicyclic) bond motifs is 2. The summed E-state index contributed by atoms with van der Waals surface area (Å²) in [6.07, 6.45) is 0. The maximum Gasteiger partial charge on any atom is 0.268 e. The van der Waals surface area contributed by atoms with E-state index in [0.717, 1.165) is 22.6 Å². The van der Waals surface area contributed by atoms with Gasteiger partial charge in [-0.05, 0) is 48.0 Å². The smallest absolute Gasteiger partial charge is 0.268 e. The number of benzene rings is 3. The highest BCUT2D eigenvalue weighted by atomic mass is 32.2. The van der Waals surface area contributed by atoms with E-state index in [1.165, 1.54) is 36.0 Å². The molecule has 0 unspecified atom stereocenters. The topological polar surface area (TPSA) is 49.9 Å². The van der Waals surface area contributed by atoms with Crippen molar-refractivity contribution in [1.82, 2.24) is 4.90 Å². The molecule has 1 atom stereocenters. The molecule has 0 aliphatic carbocycles. The van der Waals surface area contributed by atoms with Crippen molar-refractivity contribution in [2.45, 2.75) is 11.4 Å². The van der Waals surface area contributed by atoms with Gasteiger partial charge in [-0.1, -0.05) is 30.3 Å². The van der Waals surface area contributed by atoms with Gasteiger partial charge in [0.25, 0.3) is 11.8 Å². The second-order valence-electron chi connectivity index (χ2n) is 7.72. The first-order valence-electron chi connectivity index (χ1n) is 10.3. The van der Waals surface area contributed by atoms with E-state index in [1.54, 1.807) is 16.9 Å².